The highest BCUT2D eigenvalue weighted by atomic mass is 35.5. The quantitative estimate of drug-likeness (QED) is 0.316. The Kier molecular flexibility index (Phi) is 6.01. The number of hydrogen-bond acceptors (Lipinski definition) is 7. The molecule has 3 aromatic heterocycles. The smallest absolute Gasteiger partial charge is 0.252 e. The minimum absolute atomic E-state index is 0.264. The summed E-state index contributed by atoms with van der Waals surface area (Å²) in [7, 11) is 0. The van der Waals surface area contributed by atoms with Crippen LogP contribution in [0.5, 0.6) is 0 Å². The van der Waals surface area contributed by atoms with Crippen LogP contribution in [-0.2, 0) is 5.75 Å². The van der Waals surface area contributed by atoms with Crippen molar-refractivity contribution in [2.75, 3.05) is 5.32 Å². The van der Waals surface area contributed by atoms with Crippen molar-refractivity contribution in [2.24, 2.45) is 0 Å². The number of rotatable bonds is 6. The summed E-state index contributed by atoms with van der Waals surface area (Å²) in [6, 6.07) is 22.4. The third kappa shape index (κ3) is 5.02. The van der Waals surface area contributed by atoms with Gasteiger partial charge in [0, 0.05) is 34.0 Å². The van der Waals surface area contributed by atoms with E-state index < -0.39 is 0 Å². The summed E-state index contributed by atoms with van der Waals surface area (Å²) >= 11 is 7.73. The molecule has 7 nitrogen and oxygen atoms in total. The lowest BCUT2D eigenvalue weighted by atomic mass is 10.1. The van der Waals surface area contributed by atoms with E-state index >= 15 is 0 Å². The van der Waals surface area contributed by atoms with E-state index in [4.69, 9.17) is 16.6 Å². The van der Waals surface area contributed by atoms with Crippen molar-refractivity contribution in [1.29, 1.82) is 0 Å². The molecule has 0 radical (unpaired) electrons. The Labute approximate surface area is 198 Å². The number of hydrogen-bond donors (Lipinski definition) is 2. The van der Waals surface area contributed by atoms with Gasteiger partial charge >= 0.3 is 0 Å². The number of nitrogens with one attached hydrogen (secondary N) is 2. The minimum atomic E-state index is -0.264. The van der Waals surface area contributed by atoms with Crippen molar-refractivity contribution in [1.82, 2.24) is 24.9 Å². The van der Waals surface area contributed by atoms with Crippen molar-refractivity contribution < 1.29 is 0 Å². The molecule has 2 aromatic carbocycles. The third-order valence-electron chi connectivity index (χ3n) is 4.74. The largest absolute Gasteiger partial charge is 0.294 e. The number of pyridine rings is 1. The molecule has 0 unspecified atom stereocenters. The molecule has 33 heavy (non-hydrogen) atoms. The molecule has 0 fully saturated rings. The van der Waals surface area contributed by atoms with Gasteiger partial charge < -0.3 is 0 Å². The summed E-state index contributed by atoms with van der Waals surface area (Å²) in [6.45, 7) is 0. The molecular formula is C24H17ClN6OS. The van der Waals surface area contributed by atoms with Gasteiger partial charge in [0.15, 0.2) is 0 Å². The van der Waals surface area contributed by atoms with Crippen LogP contribution >= 0.6 is 23.4 Å². The Morgan fingerprint density at radius 3 is 2.61 bits per heavy atom. The Morgan fingerprint density at radius 1 is 0.939 bits per heavy atom. The Balaban J connectivity index is 1.48. The zero-order valence-electron chi connectivity index (χ0n) is 17.2. The summed E-state index contributed by atoms with van der Waals surface area (Å²) in [5.41, 5.74) is 2.74. The molecule has 0 aliphatic rings. The lowest BCUT2D eigenvalue weighted by Crippen LogP contribution is -2.13. The molecule has 0 aliphatic heterocycles. The molecule has 162 valence electrons. The standard InChI is InChI=1S/C24H17ClN6OS/c25-16-9-10-19-18(12-16)22(15-6-2-1-3-7-15)30-24(28-19)31-23-27-17(13-20(32)29-23)14-33-21-8-4-5-11-26-21/h1-13H,14H2,(H2,27,28,29,30,31,32). The van der Waals surface area contributed by atoms with Crippen molar-refractivity contribution >= 4 is 46.2 Å². The van der Waals surface area contributed by atoms with Crippen molar-refractivity contribution in [2.45, 2.75) is 10.8 Å². The van der Waals surface area contributed by atoms with E-state index in [1.165, 1.54) is 17.8 Å². The van der Waals surface area contributed by atoms with Crippen LogP contribution in [0.1, 0.15) is 5.69 Å². The van der Waals surface area contributed by atoms with Gasteiger partial charge in [0.1, 0.15) is 0 Å². The minimum Gasteiger partial charge on any atom is -0.294 e. The fraction of sp³-hybridized carbons (Fsp3) is 0.0417. The van der Waals surface area contributed by atoms with E-state index in [0.717, 1.165) is 27.2 Å². The van der Waals surface area contributed by atoms with Crippen LogP contribution in [0.2, 0.25) is 5.02 Å². The molecule has 0 bridgehead atoms. The summed E-state index contributed by atoms with van der Waals surface area (Å²) in [5, 5.41) is 5.35. The Hall–Kier alpha value is -3.75. The van der Waals surface area contributed by atoms with Gasteiger partial charge in [-0.15, -0.1) is 11.8 Å². The lowest BCUT2D eigenvalue weighted by molar-refractivity contribution is 1.04. The summed E-state index contributed by atoms with van der Waals surface area (Å²) in [4.78, 5) is 33.0. The van der Waals surface area contributed by atoms with E-state index in [1.54, 1.807) is 12.3 Å². The van der Waals surface area contributed by atoms with Crippen LogP contribution in [0.15, 0.2) is 88.8 Å². The number of benzene rings is 2. The second-order valence-electron chi connectivity index (χ2n) is 7.09. The second-order valence-corrected chi connectivity index (χ2v) is 8.52. The maximum atomic E-state index is 12.2. The number of fused-ring (bicyclic) bond motifs is 1. The molecule has 3 heterocycles. The Bertz CT molecular complexity index is 1480. The molecule has 0 atom stereocenters. The first kappa shape index (κ1) is 21.1. The molecule has 2 N–H and O–H groups in total. The van der Waals surface area contributed by atoms with Gasteiger partial charge in [-0.1, -0.05) is 48.0 Å². The highest BCUT2D eigenvalue weighted by Crippen LogP contribution is 2.29. The lowest BCUT2D eigenvalue weighted by Gasteiger charge is -2.11. The molecule has 5 aromatic rings. The number of nitrogens with zero attached hydrogens (tertiary/aromatic N) is 4. The Morgan fingerprint density at radius 2 is 1.79 bits per heavy atom. The molecule has 9 heteroatoms. The molecule has 0 saturated carbocycles. The molecular weight excluding hydrogens is 456 g/mol. The molecule has 5 rings (SSSR count). The maximum Gasteiger partial charge on any atom is 0.252 e. The zero-order valence-corrected chi connectivity index (χ0v) is 18.8. The van der Waals surface area contributed by atoms with E-state index in [9.17, 15) is 4.79 Å². The maximum absolute atomic E-state index is 12.2. The molecule has 0 aliphatic carbocycles. The van der Waals surface area contributed by atoms with E-state index in [2.05, 4.69) is 25.3 Å². The fourth-order valence-electron chi connectivity index (χ4n) is 3.30. The number of anilines is 2. The van der Waals surface area contributed by atoms with E-state index in [-0.39, 0.29) is 11.5 Å². The van der Waals surface area contributed by atoms with Gasteiger partial charge in [-0.05, 0) is 30.3 Å². The van der Waals surface area contributed by atoms with E-state index in [0.29, 0.717) is 22.4 Å². The van der Waals surface area contributed by atoms with Gasteiger partial charge in [-0.3, -0.25) is 15.1 Å². The first-order valence-corrected chi connectivity index (χ1v) is 11.4. The van der Waals surface area contributed by atoms with Gasteiger partial charge in [-0.2, -0.15) is 0 Å². The van der Waals surface area contributed by atoms with Gasteiger partial charge in [0.2, 0.25) is 11.9 Å². The molecule has 0 saturated heterocycles. The number of H-pyrrole nitrogens is 1. The van der Waals surface area contributed by atoms with Crippen LogP contribution < -0.4 is 10.9 Å². The SMILES string of the molecule is O=c1cc(CSc2ccccn2)nc(Nc2nc(-c3ccccc3)c3cc(Cl)ccc3n2)[nH]1. The number of aromatic nitrogens is 5. The van der Waals surface area contributed by atoms with Gasteiger partial charge in [0.05, 0.1) is 21.9 Å². The van der Waals surface area contributed by atoms with Gasteiger partial charge in [0.25, 0.3) is 5.56 Å². The normalized spacial score (nSPS) is 10.9. The number of thioether (sulfide) groups is 1. The molecule has 0 amide bonds. The average molecular weight is 473 g/mol. The van der Waals surface area contributed by atoms with Crippen LogP contribution in [0, 0.1) is 0 Å². The number of halogens is 1. The predicted molar refractivity (Wildman–Crippen MR) is 132 cm³/mol. The van der Waals surface area contributed by atoms with Crippen LogP contribution in [0.4, 0.5) is 11.9 Å². The first-order chi connectivity index (χ1) is 16.1. The first-order valence-electron chi connectivity index (χ1n) is 10.1. The fourth-order valence-corrected chi connectivity index (χ4v) is 4.23. The summed E-state index contributed by atoms with van der Waals surface area (Å²) < 4.78 is 0. The van der Waals surface area contributed by atoms with Crippen LogP contribution in [0.3, 0.4) is 0 Å². The zero-order chi connectivity index (χ0) is 22.6. The third-order valence-corrected chi connectivity index (χ3v) is 5.95. The van der Waals surface area contributed by atoms with E-state index in [1.807, 2.05) is 60.7 Å². The van der Waals surface area contributed by atoms with Crippen molar-refractivity contribution in [3.63, 3.8) is 0 Å². The molecule has 0 spiro atoms. The van der Waals surface area contributed by atoms with Crippen molar-refractivity contribution in [3.05, 3.63) is 100 Å². The number of aromatic amines is 1. The average Bonchev–Trinajstić information content (AvgIpc) is 2.83. The van der Waals surface area contributed by atoms with Crippen molar-refractivity contribution in [3.8, 4) is 11.3 Å². The second kappa shape index (κ2) is 9.40. The summed E-state index contributed by atoms with van der Waals surface area (Å²) in [6.07, 6.45) is 1.73. The monoisotopic (exact) mass is 472 g/mol. The van der Waals surface area contributed by atoms with Gasteiger partial charge in [-0.25, -0.2) is 19.9 Å². The van der Waals surface area contributed by atoms with Crippen LogP contribution in [-0.4, -0.2) is 24.9 Å². The predicted octanol–water partition coefficient (Wildman–Crippen LogP) is 5.46. The highest BCUT2D eigenvalue weighted by molar-refractivity contribution is 7.98. The van der Waals surface area contributed by atoms with Crippen LogP contribution in [0.25, 0.3) is 22.2 Å². The summed E-state index contributed by atoms with van der Waals surface area (Å²) in [5.74, 6) is 1.09. The topological polar surface area (TPSA) is 96.5 Å². The highest BCUT2D eigenvalue weighted by Gasteiger charge is 2.12.